The van der Waals surface area contributed by atoms with Crippen LogP contribution in [0.1, 0.15) is 23.3 Å². The lowest BCUT2D eigenvalue weighted by Gasteiger charge is -2.34. The Balaban J connectivity index is 1.41. The van der Waals surface area contributed by atoms with Crippen molar-refractivity contribution in [2.75, 3.05) is 32.7 Å². The molecule has 0 saturated carbocycles. The molecule has 4 nitrogen and oxygen atoms in total. The predicted octanol–water partition coefficient (Wildman–Crippen LogP) is 4.03. The smallest absolute Gasteiger partial charge is 0.317 e. The van der Waals surface area contributed by atoms with Crippen molar-refractivity contribution in [1.29, 1.82) is 0 Å². The van der Waals surface area contributed by atoms with Crippen LogP contribution in [-0.2, 0) is 6.54 Å². The van der Waals surface area contributed by atoms with Crippen molar-refractivity contribution in [3.63, 3.8) is 0 Å². The highest BCUT2D eigenvalue weighted by molar-refractivity contribution is 7.16. The predicted molar refractivity (Wildman–Crippen MR) is 104 cm³/mol. The number of rotatable bonds is 5. The summed E-state index contributed by atoms with van der Waals surface area (Å²) >= 11 is 7.61. The van der Waals surface area contributed by atoms with E-state index in [0.29, 0.717) is 12.5 Å². The number of hydrogen-bond donors (Lipinski definition) is 1. The first-order valence-electron chi connectivity index (χ1n) is 8.66. The van der Waals surface area contributed by atoms with E-state index < -0.39 is 0 Å². The highest BCUT2D eigenvalue weighted by Gasteiger charge is 2.21. The van der Waals surface area contributed by atoms with Gasteiger partial charge in [0.1, 0.15) is 0 Å². The zero-order chi connectivity index (χ0) is 17.6. The first-order chi connectivity index (χ1) is 12.1. The molecule has 0 spiro atoms. The molecule has 134 valence electrons. The summed E-state index contributed by atoms with van der Waals surface area (Å²) in [4.78, 5) is 17.9. The lowest BCUT2D eigenvalue weighted by atomic mass is 10.0. The molecule has 1 atom stereocenters. The van der Waals surface area contributed by atoms with E-state index in [1.54, 1.807) is 11.3 Å². The molecule has 2 heterocycles. The Morgan fingerprint density at radius 2 is 1.88 bits per heavy atom. The number of hydrogen-bond acceptors (Lipinski definition) is 3. The Kier molecular flexibility index (Phi) is 6.34. The Morgan fingerprint density at radius 1 is 1.16 bits per heavy atom. The summed E-state index contributed by atoms with van der Waals surface area (Å²) in [5.41, 5.74) is 1.25. The van der Waals surface area contributed by atoms with Crippen LogP contribution >= 0.6 is 22.9 Å². The topological polar surface area (TPSA) is 35.6 Å². The highest BCUT2D eigenvalue weighted by Crippen LogP contribution is 2.23. The third-order valence-electron chi connectivity index (χ3n) is 4.60. The van der Waals surface area contributed by atoms with Gasteiger partial charge in [-0.15, -0.1) is 11.3 Å². The monoisotopic (exact) mass is 377 g/mol. The number of benzene rings is 1. The van der Waals surface area contributed by atoms with Gasteiger partial charge in [0.05, 0.1) is 4.34 Å². The van der Waals surface area contributed by atoms with Crippen LogP contribution in [0.5, 0.6) is 0 Å². The van der Waals surface area contributed by atoms with Crippen LogP contribution in [-0.4, -0.2) is 48.6 Å². The molecule has 25 heavy (non-hydrogen) atoms. The molecule has 2 aromatic rings. The number of nitrogens with one attached hydrogen (secondary N) is 1. The average Bonchev–Trinajstić information content (AvgIpc) is 3.05. The summed E-state index contributed by atoms with van der Waals surface area (Å²) in [7, 11) is 0. The second kappa shape index (κ2) is 8.70. The third-order valence-corrected chi connectivity index (χ3v) is 5.81. The molecule has 1 fully saturated rings. The van der Waals surface area contributed by atoms with Crippen molar-refractivity contribution in [3.05, 3.63) is 57.2 Å². The number of urea groups is 1. The van der Waals surface area contributed by atoms with Crippen LogP contribution in [0.25, 0.3) is 0 Å². The number of amides is 2. The summed E-state index contributed by atoms with van der Waals surface area (Å²) < 4.78 is 0.834. The summed E-state index contributed by atoms with van der Waals surface area (Å²) in [6, 6.07) is 14.4. The number of thiophene rings is 1. The van der Waals surface area contributed by atoms with Crippen LogP contribution in [0.3, 0.4) is 0 Å². The summed E-state index contributed by atoms with van der Waals surface area (Å²) in [5.74, 6) is 0.315. The molecule has 0 bridgehead atoms. The number of carbonyl (C=O) groups is 1. The second-order valence-electron chi connectivity index (χ2n) is 6.47. The van der Waals surface area contributed by atoms with Gasteiger partial charge in [0.2, 0.25) is 0 Å². The normalized spacial score (nSPS) is 16.6. The van der Waals surface area contributed by atoms with Gasteiger partial charge in [0.15, 0.2) is 0 Å². The Hall–Kier alpha value is -1.56. The van der Waals surface area contributed by atoms with E-state index in [9.17, 15) is 4.79 Å². The van der Waals surface area contributed by atoms with E-state index in [-0.39, 0.29) is 6.03 Å². The third kappa shape index (κ3) is 5.21. The Bertz CT molecular complexity index is 683. The first-order valence-corrected chi connectivity index (χ1v) is 9.85. The summed E-state index contributed by atoms with van der Waals surface area (Å²) in [6.45, 7) is 7.05. The van der Waals surface area contributed by atoms with Gasteiger partial charge in [-0.2, -0.15) is 0 Å². The standard InChI is InChI=1S/C19H24ClN3OS/c1-15(16-5-3-2-4-6-16)13-21-19(24)23-11-9-22(10-12-23)14-17-7-8-18(20)25-17/h2-8,15H,9-14H2,1H3,(H,21,24). The SMILES string of the molecule is CC(CNC(=O)N1CCN(Cc2ccc(Cl)s2)CC1)c1ccccc1. The molecule has 1 N–H and O–H groups in total. The van der Waals surface area contributed by atoms with Gasteiger partial charge >= 0.3 is 6.03 Å². The van der Waals surface area contributed by atoms with E-state index >= 15 is 0 Å². The maximum absolute atomic E-state index is 12.4. The first kappa shape index (κ1) is 18.2. The molecule has 0 aliphatic carbocycles. The van der Waals surface area contributed by atoms with E-state index in [4.69, 9.17) is 11.6 Å². The highest BCUT2D eigenvalue weighted by atomic mass is 35.5. The van der Waals surface area contributed by atoms with Gasteiger partial charge in [-0.3, -0.25) is 4.90 Å². The molecule has 3 rings (SSSR count). The molecular weight excluding hydrogens is 354 g/mol. The maximum atomic E-state index is 12.4. The summed E-state index contributed by atoms with van der Waals surface area (Å²) in [5, 5.41) is 3.07. The van der Waals surface area contributed by atoms with Crippen LogP contribution < -0.4 is 5.32 Å². The lowest BCUT2D eigenvalue weighted by molar-refractivity contribution is 0.136. The molecule has 0 radical (unpaired) electrons. The van der Waals surface area contributed by atoms with Gasteiger partial charge in [0, 0.05) is 44.1 Å². The van der Waals surface area contributed by atoms with E-state index in [1.807, 2.05) is 29.2 Å². The molecule has 1 unspecified atom stereocenters. The van der Waals surface area contributed by atoms with Gasteiger partial charge in [0.25, 0.3) is 0 Å². The number of piperazine rings is 1. The van der Waals surface area contributed by atoms with Crippen molar-refractivity contribution in [2.45, 2.75) is 19.4 Å². The van der Waals surface area contributed by atoms with Gasteiger partial charge < -0.3 is 10.2 Å². The number of carbonyl (C=O) groups excluding carboxylic acids is 1. The average molecular weight is 378 g/mol. The van der Waals surface area contributed by atoms with Crippen LogP contribution in [0.2, 0.25) is 4.34 Å². The van der Waals surface area contributed by atoms with E-state index in [2.05, 4.69) is 35.3 Å². The minimum atomic E-state index is 0.0431. The molecule has 1 aliphatic rings. The minimum Gasteiger partial charge on any atom is -0.337 e. The fourth-order valence-electron chi connectivity index (χ4n) is 3.02. The van der Waals surface area contributed by atoms with Crippen molar-refractivity contribution in [3.8, 4) is 0 Å². The van der Waals surface area contributed by atoms with Crippen molar-refractivity contribution < 1.29 is 4.79 Å². The minimum absolute atomic E-state index is 0.0431. The molecule has 1 aromatic heterocycles. The lowest BCUT2D eigenvalue weighted by Crippen LogP contribution is -2.51. The van der Waals surface area contributed by atoms with Crippen molar-refractivity contribution in [1.82, 2.24) is 15.1 Å². The Morgan fingerprint density at radius 3 is 2.52 bits per heavy atom. The van der Waals surface area contributed by atoms with Crippen molar-refractivity contribution >= 4 is 29.0 Å². The largest absolute Gasteiger partial charge is 0.337 e. The zero-order valence-electron chi connectivity index (χ0n) is 14.5. The molecule has 2 amide bonds. The Labute approximate surface area is 158 Å². The molecule has 1 aromatic carbocycles. The quantitative estimate of drug-likeness (QED) is 0.853. The number of nitrogens with zero attached hydrogens (tertiary/aromatic N) is 2. The van der Waals surface area contributed by atoms with E-state index in [0.717, 1.165) is 37.1 Å². The fourth-order valence-corrected chi connectivity index (χ4v) is 4.15. The molecule has 1 aliphatic heterocycles. The van der Waals surface area contributed by atoms with Crippen LogP contribution in [0.4, 0.5) is 4.79 Å². The van der Waals surface area contributed by atoms with E-state index in [1.165, 1.54) is 10.4 Å². The van der Waals surface area contributed by atoms with Gasteiger partial charge in [-0.05, 0) is 23.6 Å². The maximum Gasteiger partial charge on any atom is 0.317 e. The molecule has 6 heteroatoms. The zero-order valence-corrected chi connectivity index (χ0v) is 16.0. The molecule has 1 saturated heterocycles. The van der Waals surface area contributed by atoms with Gasteiger partial charge in [-0.1, -0.05) is 48.9 Å². The second-order valence-corrected chi connectivity index (χ2v) is 8.27. The van der Waals surface area contributed by atoms with Crippen molar-refractivity contribution in [2.24, 2.45) is 0 Å². The summed E-state index contributed by atoms with van der Waals surface area (Å²) in [6.07, 6.45) is 0. The van der Waals surface area contributed by atoms with Crippen LogP contribution in [0, 0.1) is 0 Å². The van der Waals surface area contributed by atoms with Crippen LogP contribution in [0.15, 0.2) is 42.5 Å². The van der Waals surface area contributed by atoms with Gasteiger partial charge in [-0.25, -0.2) is 4.79 Å². The number of halogens is 1. The fraction of sp³-hybridized carbons (Fsp3) is 0.421. The molecular formula is C19H24ClN3OS.